The maximum atomic E-state index is 12.2. The van der Waals surface area contributed by atoms with Crippen LogP contribution in [0.15, 0.2) is 46.9 Å². The summed E-state index contributed by atoms with van der Waals surface area (Å²) in [6, 6.07) is 12.4. The number of carbonyl (C=O) groups is 1. The minimum Gasteiger partial charge on any atom is -0.398 e. The van der Waals surface area contributed by atoms with Crippen LogP contribution in [0, 0.1) is 0 Å². The molecular formula is C15H14BrClN2O. The van der Waals surface area contributed by atoms with Crippen molar-refractivity contribution in [2.75, 3.05) is 5.73 Å². The Bertz CT molecular complexity index is 646. The molecule has 0 bridgehead atoms. The van der Waals surface area contributed by atoms with E-state index in [1.165, 1.54) is 0 Å². The molecule has 2 rings (SSSR count). The van der Waals surface area contributed by atoms with Crippen molar-refractivity contribution in [2.24, 2.45) is 0 Å². The number of rotatable bonds is 3. The van der Waals surface area contributed by atoms with Crippen molar-refractivity contribution in [3.63, 3.8) is 0 Å². The summed E-state index contributed by atoms with van der Waals surface area (Å²) >= 11 is 9.26. The van der Waals surface area contributed by atoms with Crippen molar-refractivity contribution < 1.29 is 4.79 Å². The lowest BCUT2D eigenvalue weighted by atomic mass is 10.1. The van der Waals surface area contributed by atoms with Gasteiger partial charge < -0.3 is 11.1 Å². The molecule has 0 aliphatic heterocycles. The third-order valence-corrected chi connectivity index (χ3v) is 3.88. The summed E-state index contributed by atoms with van der Waals surface area (Å²) in [6.45, 7) is 1.91. The van der Waals surface area contributed by atoms with Crippen LogP contribution < -0.4 is 11.1 Å². The Kier molecular flexibility index (Phi) is 4.68. The van der Waals surface area contributed by atoms with E-state index in [0.717, 1.165) is 5.56 Å². The number of halogens is 2. The number of nitrogen functional groups attached to an aromatic ring is 1. The van der Waals surface area contributed by atoms with E-state index in [0.29, 0.717) is 20.7 Å². The number of nitrogens with two attached hydrogens (primary N) is 1. The van der Waals surface area contributed by atoms with Gasteiger partial charge in [0.05, 0.1) is 6.04 Å². The predicted molar refractivity (Wildman–Crippen MR) is 85.9 cm³/mol. The lowest BCUT2D eigenvalue weighted by Gasteiger charge is -2.15. The highest BCUT2D eigenvalue weighted by Gasteiger charge is 2.12. The highest BCUT2D eigenvalue weighted by atomic mass is 79.9. The van der Waals surface area contributed by atoms with Crippen LogP contribution in [0.2, 0.25) is 5.02 Å². The normalized spacial score (nSPS) is 11.9. The number of nitrogens with one attached hydrogen (secondary N) is 1. The Morgan fingerprint density at radius 3 is 2.70 bits per heavy atom. The first-order chi connectivity index (χ1) is 9.47. The third-order valence-electron chi connectivity index (χ3n) is 2.96. The SMILES string of the molecule is C[C@H](NC(=O)c1ccc(N)c(Br)c1)c1cccc(Cl)c1. The molecular weight excluding hydrogens is 340 g/mol. The molecule has 5 heteroatoms. The Balaban J connectivity index is 2.13. The molecule has 0 aliphatic carbocycles. The van der Waals surface area contributed by atoms with Crippen LogP contribution in [0.1, 0.15) is 28.9 Å². The van der Waals surface area contributed by atoms with Crippen LogP contribution in [0.5, 0.6) is 0 Å². The number of anilines is 1. The molecule has 0 heterocycles. The van der Waals surface area contributed by atoms with Gasteiger partial charge in [-0.15, -0.1) is 0 Å². The van der Waals surface area contributed by atoms with E-state index in [4.69, 9.17) is 17.3 Å². The van der Waals surface area contributed by atoms with E-state index in [1.807, 2.05) is 25.1 Å². The van der Waals surface area contributed by atoms with Crippen LogP contribution >= 0.6 is 27.5 Å². The van der Waals surface area contributed by atoms with E-state index >= 15 is 0 Å². The van der Waals surface area contributed by atoms with E-state index < -0.39 is 0 Å². The summed E-state index contributed by atoms with van der Waals surface area (Å²) in [5, 5.41) is 3.58. The summed E-state index contributed by atoms with van der Waals surface area (Å²) in [7, 11) is 0. The molecule has 0 aliphatic rings. The maximum absolute atomic E-state index is 12.2. The van der Waals surface area contributed by atoms with Crippen molar-refractivity contribution in [1.29, 1.82) is 0 Å². The second-order valence-electron chi connectivity index (χ2n) is 4.49. The van der Waals surface area contributed by atoms with E-state index in [9.17, 15) is 4.79 Å². The fourth-order valence-corrected chi connectivity index (χ4v) is 2.39. The van der Waals surface area contributed by atoms with Crippen molar-refractivity contribution >= 4 is 39.1 Å². The summed E-state index contributed by atoms with van der Waals surface area (Å²) < 4.78 is 0.709. The van der Waals surface area contributed by atoms with Gasteiger partial charge in [0, 0.05) is 20.7 Å². The highest BCUT2D eigenvalue weighted by Crippen LogP contribution is 2.22. The van der Waals surface area contributed by atoms with E-state index in [2.05, 4.69) is 21.2 Å². The third kappa shape index (κ3) is 3.52. The van der Waals surface area contributed by atoms with Crippen LogP contribution in [0.4, 0.5) is 5.69 Å². The number of hydrogen-bond acceptors (Lipinski definition) is 2. The quantitative estimate of drug-likeness (QED) is 0.813. The van der Waals surface area contributed by atoms with Crippen LogP contribution in [-0.2, 0) is 0 Å². The van der Waals surface area contributed by atoms with Gasteiger partial charge in [0.15, 0.2) is 0 Å². The zero-order valence-electron chi connectivity index (χ0n) is 10.9. The second kappa shape index (κ2) is 6.29. The molecule has 3 nitrogen and oxygen atoms in total. The molecule has 0 saturated heterocycles. The summed E-state index contributed by atoms with van der Waals surface area (Å²) in [6.07, 6.45) is 0. The molecule has 0 radical (unpaired) electrons. The number of hydrogen-bond donors (Lipinski definition) is 2. The van der Waals surface area contributed by atoms with Crippen LogP contribution in [-0.4, -0.2) is 5.91 Å². The lowest BCUT2D eigenvalue weighted by Crippen LogP contribution is -2.26. The molecule has 20 heavy (non-hydrogen) atoms. The topological polar surface area (TPSA) is 55.1 Å². The molecule has 0 fully saturated rings. The van der Waals surface area contributed by atoms with E-state index in [1.54, 1.807) is 24.3 Å². The summed E-state index contributed by atoms with van der Waals surface area (Å²) in [5.74, 6) is -0.154. The average Bonchev–Trinajstić information content (AvgIpc) is 2.41. The smallest absolute Gasteiger partial charge is 0.251 e. The maximum Gasteiger partial charge on any atom is 0.251 e. The Labute approximate surface area is 131 Å². The van der Waals surface area contributed by atoms with Crippen LogP contribution in [0.3, 0.4) is 0 Å². The zero-order valence-corrected chi connectivity index (χ0v) is 13.2. The standard InChI is InChI=1S/C15H14BrClN2O/c1-9(10-3-2-4-12(17)7-10)19-15(20)11-5-6-14(18)13(16)8-11/h2-9H,18H2,1H3,(H,19,20)/t9-/m0/s1. The van der Waals surface area contributed by atoms with Gasteiger partial charge in [-0.25, -0.2) is 0 Å². The minimum absolute atomic E-state index is 0.127. The van der Waals surface area contributed by atoms with Gasteiger partial charge in [-0.3, -0.25) is 4.79 Å². The fraction of sp³-hybridized carbons (Fsp3) is 0.133. The van der Waals surface area contributed by atoms with Gasteiger partial charge in [0.2, 0.25) is 0 Å². The molecule has 2 aromatic carbocycles. The zero-order chi connectivity index (χ0) is 14.7. The van der Waals surface area contributed by atoms with Gasteiger partial charge in [-0.1, -0.05) is 23.7 Å². The molecule has 0 saturated carbocycles. The monoisotopic (exact) mass is 352 g/mol. The Morgan fingerprint density at radius 1 is 1.30 bits per heavy atom. The van der Waals surface area contributed by atoms with Gasteiger partial charge in [0.1, 0.15) is 0 Å². The average molecular weight is 354 g/mol. The van der Waals surface area contributed by atoms with Crippen molar-refractivity contribution in [3.8, 4) is 0 Å². The van der Waals surface area contributed by atoms with Crippen molar-refractivity contribution in [3.05, 3.63) is 63.1 Å². The predicted octanol–water partition coefficient (Wildman–Crippen LogP) is 4.18. The summed E-state index contributed by atoms with van der Waals surface area (Å²) in [4.78, 5) is 12.2. The second-order valence-corrected chi connectivity index (χ2v) is 5.78. The van der Waals surface area contributed by atoms with Crippen molar-refractivity contribution in [1.82, 2.24) is 5.32 Å². The first kappa shape index (κ1) is 14.9. The highest BCUT2D eigenvalue weighted by molar-refractivity contribution is 9.10. The molecule has 0 unspecified atom stereocenters. The number of amides is 1. The lowest BCUT2D eigenvalue weighted by molar-refractivity contribution is 0.0940. The largest absolute Gasteiger partial charge is 0.398 e. The number of carbonyl (C=O) groups excluding carboxylic acids is 1. The molecule has 0 aromatic heterocycles. The van der Waals surface area contributed by atoms with E-state index in [-0.39, 0.29) is 11.9 Å². The van der Waals surface area contributed by atoms with Gasteiger partial charge in [-0.2, -0.15) is 0 Å². The number of benzene rings is 2. The Morgan fingerprint density at radius 2 is 2.05 bits per heavy atom. The molecule has 104 valence electrons. The van der Waals surface area contributed by atoms with Gasteiger partial charge in [-0.05, 0) is 58.7 Å². The van der Waals surface area contributed by atoms with Crippen molar-refractivity contribution in [2.45, 2.75) is 13.0 Å². The Hall–Kier alpha value is -1.52. The fourth-order valence-electron chi connectivity index (χ4n) is 1.81. The molecule has 3 N–H and O–H groups in total. The molecule has 0 spiro atoms. The summed E-state index contributed by atoms with van der Waals surface area (Å²) in [5.41, 5.74) is 7.82. The first-order valence-electron chi connectivity index (χ1n) is 6.08. The van der Waals surface area contributed by atoms with Gasteiger partial charge in [0.25, 0.3) is 5.91 Å². The van der Waals surface area contributed by atoms with Gasteiger partial charge >= 0.3 is 0 Å². The van der Waals surface area contributed by atoms with Crippen LogP contribution in [0.25, 0.3) is 0 Å². The molecule has 1 amide bonds. The minimum atomic E-state index is -0.154. The molecule has 1 atom stereocenters. The first-order valence-corrected chi connectivity index (χ1v) is 7.26. The molecule has 2 aromatic rings.